The fourth-order valence-electron chi connectivity index (χ4n) is 2.40. The molecule has 1 nitrogen and oxygen atoms in total. The molecule has 0 saturated heterocycles. The van der Waals surface area contributed by atoms with Crippen LogP contribution in [0.1, 0.15) is 12.5 Å². The minimum Gasteiger partial charge on any atom is -0.256 e. The number of fused-ring (bicyclic) bond motifs is 1. The highest BCUT2D eigenvalue weighted by Gasteiger charge is 2.08. The van der Waals surface area contributed by atoms with Gasteiger partial charge in [0, 0.05) is 11.6 Å². The van der Waals surface area contributed by atoms with Gasteiger partial charge in [0.1, 0.15) is 0 Å². The van der Waals surface area contributed by atoms with Crippen LogP contribution < -0.4 is 0 Å². The molecule has 88 valence electrons. The number of nitrogens with zero attached hydrogens (tertiary/aromatic N) is 1. The van der Waals surface area contributed by atoms with Crippen LogP contribution in [0.5, 0.6) is 0 Å². The molecule has 0 atom stereocenters. The molecule has 0 bridgehead atoms. The van der Waals surface area contributed by atoms with Crippen LogP contribution in [0.25, 0.3) is 22.0 Å². The van der Waals surface area contributed by atoms with Crippen molar-refractivity contribution in [2.24, 2.45) is 0 Å². The smallest absolute Gasteiger partial charge is 0.0708 e. The van der Waals surface area contributed by atoms with E-state index in [1.165, 1.54) is 22.1 Å². The van der Waals surface area contributed by atoms with Crippen molar-refractivity contribution in [3.8, 4) is 11.1 Å². The van der Waals surface area contributed by atoms with Gasteiger partial charge in [0.25, 0.3) is 0 Å². The lowest BCUT2D eigenvalue weighted by Crippen LogP contribution is -1.92. The van der Waals surface area contributed by atoms with E-state index in [1.807, 2.05) is 12.3 Å². The Morgan fingerprint density at radius 1 is 0.889 bits per heavy atom. The summed E-state index contributed by atoms with van der Waals surface area (Å²) in [4.78, 5) is 4.54. The fraction of sp³-hybridized carbons (Fsp3) is 0.118. The summed E-state index contributed by atoms with van der Waals surface area (Å²) in [5.74, 6) is 0. The lowest BCUT2D eigenvalue weighted by atomic mass is 9.95. The van der Waals surface area contributed by atoms with Crippen LogP contribution in [0.3, 0.4) is 0 Å². The molecule has 0 radical (unpaired) electrons. The molecule has 18 heavy (non-hydrogen) atoms. The highest BCUT2D eigenvalue weighted by atomic mass is 14.7. The molecule has 0 N–H and O–H groups in total. The predicted octanol–water partition coefficient (Wildman–Crippen LogP) is 4.46. The Bertz CT molecular complexity index is 672. The summed E-state index contributed by atoms with van der Waals surface area (Å²) in [5.41, 5.74) is 4.96. The Hall–Kier alpha value is -2.15. The average molecular weight is 233 g/mol. The van der Waals surface area contributed by atoms with E-state index in [-0.39, 0.29) is 0 Å². The number of para-hydroxylation sites is 1. The van der Waals surface area contributed by atoms with Crippen LogP contribution in [0, 0.1) is 0 Å². The van der Waals surface area contributed by atoms with Gasteiger partial charge in [-0.05, 0) is 29.2 Å². The molecule has 1 aromatic heterocycles. The van der Waals surface area contributed by atoms with E-state index in [4.69, 9.17) is 0 Å². The van der Waals surface area contributed by atoms with E-state index in [0.29, 0.717) is 0 Å². The van der Waals surface area contributed by atoms with Gasteiger partial charge in [-0.15, -0.1) is 0 Å². The summed E-state index contributed by atoms with van der Waals surface area (Å²) in [6.07, 6.45) is 3.01. The fourth-order valence-corrected chi connectivity index (χ4v) is 2.40. The van der Waals surface area contributed by atoms with Crippen LogP contribution in [0.15, 0.2) is 60.8 Å². The molecule has 0 fully saturated rings. The summed E-state index contributed by atoms with van der Waals surface area (Å²) in [7, 11) is 0. The third-order valence-electron chi connectivity index (χ3n) is 3.30. The Balaban J connectivity index is 2.38. The second kappa shape index (κ2) is 4.61. The Morgan fingerprint density at radius 2 is 1.61 bits per heavy atom. The average Bonchev–Trinajstić information content (AvgIpc) is 2.47. The van der Waals surface area contributed by atoms with E-state index < -0.39 is 0 Å². The quantitative estimate of drug-likeness (QED) is 0.636. The van der Waals surface area contributed by atoms with Gasteiger partial charge in [-0.2, -0.15) is 0 Å². The van der Waals surface area contributed by atoms with Crippen molar-refractivity contribution >= 4 is 10.9 Å². The summed E-state index contributed by atoms with van der Waals surface area (Å²) < 4.78 is 0. The lowest BCUT2D eigenvalue weighted by molar-refractivity contribution is 1.12. The number of rotatable bonds is 2. The van der Waals surface area contributed by atoms with Crippen molar-refractivity contribution in [3.63, 3.8) is 0 Å². The van der Waals surface area contributed by atoms with Crippen LogP contribution in [0.4, 0.5) is 0 Å². The van der Waals surface area contributed by atoms with E-state index in [1.54, 1.807) is 0 Å². The molecule has 0 saturated carbocycles. The third-order valence-corrected chi connectivity index (χ3v) is 3.30. The van der Waals surface area contributed by atoms with Gasteiger partial charge in [0.15, 0.2) is 0 Å². The monoisotopic (exact) mass is 233 g/mol. The summed E-state index contributed by atoms with van der Waals surface area (Å²) >= 11 is 0. The minimum absolute atomic E-state index is 1.00. The molecule has 0 aliphatic heterocycles. The van der Waals surface area contributed by atoms with Gasteiger partial charge in [0.2, 0.25) is 0 Å². The number of benzene rings is 2. The van der Waals surface area contributed by atoms with Crippen LogP contribution in [-0.2, 0) is 6.42 Å². The highest BCUT2D eigenvalue weighted by Crippen LogP contribution is 2.31. The zero-order valence-corrected chi connectivity index (χ0v) is 10.4. The zero-order valence-electron chi connectivity index (χ0n) is 10.4. The van der Waals surface area contributed by atoms with Crippen molar-refractivity contribution in [2.45, 2.75) is 13.3 Å². The standard InChI is InChI=1S/C17H15N/c1-2-13-12-18-16-11-7-6-10-15(16)17(13)14-8-4-3-5-9-14/h3-12H,2H2,1H3. The topological polar surface area (TPSA) is 12.9 Å². The molecule has 2 aromatic carbocycles. The van der Waals surface area contributed by atoms with E-state index in [9.17, 15) is 0 Å². The number of hydrogen-bond donors (Lipinski definition) is 0. The molecule has 0 unspecified atom stereocenters. The molecule has 3 rings (SSSR count). The first kappa shape index (κ1) is 11.0. The summed E-state index contributed by atoms with van der Waals surface area (Å²) in [6, 6.07) is 18.9. The number of aryl methyl sites for hydroxylation is 1. The van der Waals surface area contributed by atoms with Gasteiger partial charge in [0.05, 0.1) is 5.52 Å². The molecule has 1 heterocycles. The van der Waals surface area contributed by atoms with Crippen molar-refractivity contribution in [2.75, 3.05) is 0 Å². The third kappa shape index (κ3) is 1.78. The van der Waals surface area contributed by atoms with Gasteiger partial charge < -0.3 is 0 Å². The first-order valence-corrected chi connectivity index (χ1v) is 6.32. The van der Waals surface area contributed by atoms with Crippen molar-refractivity contribution < 1.29 is 0 Å². The maximum atomic E-state index is 4.54. The Kier molecular flexibility index (Phi) is 2.81. The second-order valence-corrected chi connectivity index (χ2v) is 4.40. The van der Waals surface area contributed by atoms with Crippen LogP contribution in [0.2, 0.25) is 0 Å². The molecule has 0 amide bonds. The molecule has 3 aromatic rings. The van der Waals surface area contributed by atoms with Gasteiger partial charge in [-0.3, -0.25) is 4.98 Å². The van der Waals surface area contributed by atoms with Crippen LogP contribution >= 0.6 is 0 Å². The zero-order chi connectivity index (χ0) is 12.4. The highest BCUT2D eigenvalue weighted by molar-refractivity contribution is 5.95. The largest absolute Gasteiger partial charge is 0.256 e. The number of aromatic nitrogens is 1. The first-order valence-electron chi connectivity index (χ1n) is 6.32. The molecule has 1 heteroatoms. The summed E-state index contributed by atoms with van der Waals surface area (Å²) in [6.45, 7) is 2.18. The molecular formula is C17H15N. The molecule has 0 aliphatic rings. The number of pyridine rings is 1. The minimum atomic E-state index is 1.00. The SMILES string of the molecule is CCc1cnc2ccccc2c1-c1ccccc1. The normalized spacial score (nSPS) is 10.7. The Labute approximate surface area is 107 Å². The maximum absolute atomic E-state index is 4.54. The van der Waals surface area contributed by atoms with Crippen LogP contribution in [-0.4, -0.2) is 4.98 Å². The van der Waals surface area contributed by atoms with E-state index in [0.717, 1.165) is 11.9 Å². The lowest BCUT2D eigenvalue weighted by Gasteiger charge is -2.11. The van der Waals surface area contributed by atoms with E-state index in [2.05, 4.69) is 60.4 Å². The molecule has 0 spiro atoms. The first-order chi connectivity index (χ1) is 8.90. The summed E-state index contributed by atoms with van der Waals surface area (Å²) in [5, 5.41) is 1.24. The Morgan fingerprint density at radius 3 is 2.39 bits per heavy atom. The van der Waals surface area contributed by atoms with Gasteiger partial charge >= 0.3 is 0 Å². The maximum Gasteiger partial charge on any atom is 0.0708 e. The van der Waals surface area contributed by atoms with Crippen molar-refractivity contribution in [3.05, 3.63) is 66.4 Å². The van der Waals surface area contributed by atoms with E-state index >= 15 is 0 Å². The molecule has 0 aliphatic carbocycles. The second-order valence-electron chi connectivity index (χ2n) is 4.40. The predicted molar refractivity (Wildman–Crippen MR) is 76.6 cm³/mol. The number of hydrogen-bond acceptors (Lipinski definition) is 1. The van der Waals surface area contributed by atoms with Crippen molar-refractivity contribution in [1.29, 1.82) is 0 Å². The van der Waals surface area contributed by atoms with Gasteiger partial charge in [-0.25, -0.2) is 0 Å². The van der Waals surface area contributed by atoms with Gasteiger partial charge in [-0.1, -0.05) is 55.5 Å². The molecular weight excluding hydrogens is 218 g/mol. The van der Waals surface area contributed by atoms with Crippen molar-refractivity contribution in [1.82, 2.24) is 4.98 Å².